The fraction of sp³-hybridized carbons (Fsp3) is 0.500. The average Bonchev–Trinajstić information content (AvgIpc) is 3.71. The first-order valence-corrected chi connectivity index (χ1v) is 14.0. The van der Waals surface area contributed by atoms with Crippen LogP contribution in [0.4, 0.5) is 4.79 Å². The van der Waals surface area contributed by atoms with Crippen LogP contribution in [0.15, 0.2) is 36.4 Å². The summed E-state index contributed by atoms with van der Waals surface area (Å²) >= 11 is 0. The fourth-order valence-corrected chi connectivity index (χ4v) is 4.40. The average molecular weight is 585 g/mol. The van der Waals surface area contributed by atoms with E-state index in [0.717, 1.165) is 12.8 Å². The van der Waals surface area contributed by atoms with Gasteiger partial charge in [0, 0.05) is 44.7 Å². The summed E-state index contributed by atoms with van der Waals surface area (Å²) in [4.78, 5) is 65.5. The number of carbonyl (C=O) groups is 5. The summed E-state index contributed by atoms with van der Waals surface area (Å²) < 4.78 is 12.3. The Kier molecular flexibility index (Phi) is 9.99. The molecule has 4 rings (SSSR count). The lowest BCUT2D eigenvalue weighted by molar-refractivity contribution is -0.138. The van der Waals surface area contributed by atoms with Crippen LogP contribution < -0.4 is 15.4 Å². The Labute approximate surface area is 242 Å². The quantitative estimate of drug-likeness (QED) is 0.331. The van der Waals surface area contributed by atoms with Gasteiger partial charge in [-0.15, -0.1) is 0 Å². The van der Waals surface area contributed by atoms with Gasteiger partial charge in [0.05, 0.1) is 12.3 Å². The maximum Gasteiger partial charge on any atom is 0.409 e. The molecule has 1 aliphatic carbocycles. The van der Waals surface area contributed by atoms with Crippen LogP contribution in [0, 0.1) is 0 Å². The number of para-hydroxylation sites is 1. The van der Waals surface area contributed by atoms with Crippen molar-refractivity contribution in [3.63, 3.8) is 0 Å². The van der Waals surface area contributed by atoms with Gasteiger partial charge in [-0.1, -0.05) is 18.2 Å². The zero-order valence-corrected chi connectivity index (χ0v) is 23.7. The predicted molar refractivity (Wildman–Crippen MR) is 148 cm³/mol. The van der Waals surface area contributed by atoms with Gasteiger partial charge in [0.15, 0.2) is 11.8 Å². The Morgan fingerprint density at radius 1 is 1.05 bits per heavy atom. The molecule has 42 heavy (non-hydrogen) atoms. The second-order valence-corrected chi connectivity index (χ2v) is 10.1. The van der Waals surface area contributed by atoms with E-state index < -0.39 is 36.0 Å². The molecule has 1 aromatic carbocycles. The fourth-order valence-electron chi connectivity index (χ4n) is 4.40. The number of carboxylic acid groups (broad SMARTS) is 1. The van der Waals surface area contributed by atoms with Gasteiger partial charge in [0.2, 0.25) is 11.8 Å². The van der Waals surface area contributed by atoms with Crippen LogP contribution in [-0.2, 0) is 19.1 Å². The lowest BCUT2D eigenvalue weighted by atomic mass is 10.1. The number of amides is 4. The highest BCUT2D eigenvalue weighted by Gasteiger charge is 2.32. The normalized spacial score (nSPS) is 16.2. The standard InChI is InChI=1S/C28H36N6O8/c1-3-41-28(40)33-15-13-32(14-16-33)27(39)21(11-12-24(35)36)30-26(38)22-17-23(34(31-22)20-7-5-4-6-8-20)42-18(2)25(37)29-19-9-10-19/h4-8,17-19,21H,3,9-16H2,1-2H3,(H,29,37)(H,30,38)(H,35,36)/t18?,21-/m0/s1. The number of nitrogens with zero attached hydrogens (tertiary/aromatic N) is 4. The number of piperazine rings is 1. The Balaban J connectivity index is 1.49. The third kappa shape index (κ3) is 7.98. The number of ether oxygens (including phenoxy) is 2. The Bertz CT molecular complexity index is 1290. The van der Waals surface area contributed by atoms with Crippen molar-refractivity contribution >= 4 is 29.8 Å². The minimum absolute atomic E-state index is 0.0797. The topological polar surface area (TPSA) is 172 Å². The van der Waals surface area contributed by atoms with E-state index in [1.807, 2.05) is 6.07 Å². The van der Waals surface area contributed by atoms with E-state index in [1.165, 1.54) is 20.5 Å². The van der Waals surface area contributed by atoms with Crippen LogP contribution >= 0.6 is 0 Å². The number of carbonyl (C=O) groups excluding carboxylic acids is 4. The Hall–Kier alpha value is -4.62. The molecule has 14 nitrogen and oxygen atoms in total. The van der Waals surface area contributed by atoms with E-state index in [0.29, 0.717) is 5.69 Å². The predicted octanol–water partition coefficient (Wildman–Crippen LogP) is 1.18. The molecule has 1 unspecified atom stereocenters. The molecule has 2 aliphatic rings. The highest BCUT2D eigenvalue weighted by molar-refractivity contribution is 5.96. The van der Waals surface area contributed by atoms with Crippen LogP contribution in [0.25, 0.3) is 5.69 Å². The lowest BCUT2D eigenvalue weighted by Gasteiger charge is -2.35. The van der Waals surface area contributed by atoms with Crippen molar-refractivity contribution in [1.82, 2.24) is 30.2 Å². The van der Waals surface area contributed by atoms with Gasteiger partial charge in [0.25, 0.3) is 11.8 Å². The molecule has 1 saturated heterocycles. The monoisotopic (exact) mass is 584 g/mol. The Morgan fingerprint density at radius 3 is 2.33 bits per heavy atom. The largest absolute Gasteiger partial charge is 0.481 e. The number of nitrogens with one attached hydrogen (secondary N) is 2. The first kappa shape index (κ1) is 30.3. The molecule has 226 valence electrons. The molecular weight excluding hydrogens is 548 g/mol. The number of aliphatic carboxylic acids is 1. The van der Waals surface area contributed by atoms with Gasteiger partial charge in [0.1, 0.15) is 6.04 Å². The van der Waals surface area contributed by atoms with E-state index in [1.54, 1.807) is 38.1 Å². The third-order valence-corrected chi connectivity index (χ3v) is 6.87. The second kappa shape index (κ2) is 13.8. The number of rotatable bonds is 12. The van der Waals surface area contributed by atoms with Crippen molar-refractivity contribution in [2.75, 3.05) is 32.8 Å². The number of benzene rings is 1. The summed E-state index contributed by atoms with van der Waals surface area (Å²) in [6.07, 6.45) is 0.0331. The van der Waals surface area contributed by atoms with E-state index in [4.69, 9.17) is 9.47 Å². The number of hydrogen-bond donors (Lipinski definition) is 3. The summed E-state index contributed by atoms with van der Waals surface area (Å²) in [7, 11) is 0. The molecule has 2 aromatic rings. The van der Waals surface area contributed by atoms with Crippen molar-refractivity contribution < 1.29 is 38.6 Å². The van der Waals surface area contributed by atoms with Crippen LogP contribution in [0.2, 0.25) is 0 Å². The first-order chi connectivity index (χ1) is 20.2. The number of aromatic nitrogens is 2. The van der Waals surface area contributed by atoms with Gasteiger partial charge in [-0.2, -0.15) is 5.10 Å². The molecule has 2 heterocycles. The molecule has 4 amide bonds. The van der Waals surface area contributed by atoms with Crippen LogP contribution in [-0.4, -0.2) is 105 Å². The van der Waals surface area contributed by atoms with E-state index in [-0.39, 0.29) is 69.2 Å². The molecule has 1 saturated carbocycles. The minimum atomic E-state index is -1.14. The van der Waals surface area contributed by atoms with Crippen LogP contribution in [0.3, 0.4) is 0 Å². The van der Waals surface area contributed by atoms with Crippen molar-refractivity contribution in [2.45, 2.75) is 57.7 Å². The number of hydrogen-bond acceptors (Lipinski definition) is 8. The molecule has 2 atom stereocenters. The molecule has 0 bridgehead atoms. The zero-order valence-electron chi connectivity index (χ0n) is 23.7. The van der Waals surface area contributed by atoms with Crippen molar-refractivity contribution in [1.29, 1.82) is 0 Å². The van der Waals surface area contributed by atoms with Crippen LogP contribution in [0.5, 0.6) is 5.88 Å². The van der Waals surface area contributed by atoms with E-state index in [2.05, 4.69) is 15.7 Å². The minimum Gasteiger partial charge on any atom is -0.481 e. The molecule has 0 spiro atoms. The molecule has 2 fully saturated rings. The SMILES string of the molecule is CCOC(=O)N1CCN(C(=O)[C@H](CCC(=O)O)NC(=O)c2cc(OC(C)C(=O)NC3CC3)n(-c3ccccc3)n2)CC1. The molecule has 1 aromatic heterocycles. The highest BCUT2D eigenvalue weighted by atomic mass is 16.6. The third-order valence-electron chi connectivity index (χ3n) is 6.87. The lowest BCUT2D eigenvalue weighted by Crippen LogP contribution is -2.56. The van der Waals surface area contributed by atoms with E-state index in [9.17, 15) is 29.1 Å². The van der Waals surface area contributed by atoms with Crippen molar-refractivity contribution in [3.05, 3.63) is 42.1 Å². The summed E-state index contributed by atoms with van der Waals surface area (Å²) in [6, 6.07) is 9.28. The van der Waals surface area contributed by atoms with Gasteiger partial charge < -0.3 is 35.0 Å². The summed E-state index contributed by atoms with van der Waals surface area (Å²) in [5, 5.41) is 19.1. The molecule has 1 aliphatic heterocycles. The molecule has 14 heteroatoms. The van der Waals surface area contributed by atoms with Crippen molar-refractivity contribution in [3.8, 4) is 11.6 Å². The van der Waals surface area contributed by atoms with Gasteiger partial charge in [-0.05, 0) is 45.2 Å². The Morgan fingerprint density at radius 2 is 1.71 bits per heavy atom. The molecule has 3 N–H and O–H groups in total. The zero-order chi connectivity index (χ0) is 30.2. The second-order valence-electron chi connectivity index (χ2n) is 10.1. The van der Waals surface area contributed by atoms with Gasteiger partial charge in [-0.25, -0.2) is 9.48 Å². The van der Waals surface area contributed by atoms with Gasteiger partial charge >= 0.3 is 12.1 Å². The summed E-state index contributed by atoms with van der Waals surface area (Å²) in [5.41, 5.74) is 0.503. The van der Waals surface area contributed by atoms with Gasteiger partial charge in [-0.3, -0.25) is 19.2 Å². The summed E-state index contributed by atoms with van der Waals surface area (Å²) in [5.74, 6) is -2.42. The highest BCUT2D eigenvalue weighted by Crippen LogP contribution is 2.23. The first-order valence-electron chi connectivity index (χ1n) is 14.0. The van der Waals surface area contributed by atoms with Crippen molar-refractivity contribution in [2.24, 2.45) is 0 Å². The summed E-state index contributed by atoms with van der Waals surface area (Å²) in [6.45, 7) is 4.45. The molecular formula is C28H36N6O8. The molecule has 0 radical (unpaired) electrons. The number of carboxylic acids is 1. The maximum atomic E-state index is 13.4. The van der Waals surface area contributed by atoms with E-state index >= 15 is 0 Å². The smallest absolute Gasteiger partial charge is 0.409 e. The maximum absolute atomic E-state index is 13.4. The van der Waals surface area contributed by atoms with Crippen LogP contribution in [0.1, 0.15) is 50.0 Å².